The Bertz CT molecular complexity index is 276. The van der Waals surface area contributed by atoms with E-state index in [9.17, 15) is 13.2 Å². The first-order chi connectivity index (χ1) is 6.41. The first-order valence-corrected chi connectivity index (χ1v) is 4.03. The van der Waals surface area contributed by atoms with Crippen LogP contribution in [0.3, 0.4) is 0 Å². The molecule has 0 radical (unpaired) electrons. The Morgan fingerprint density at radius 2 is 1.86 bits per heavy atom. The molecule has 0 aliphatic heterocycles. The molecule has 0 fully saturated rings. The molecule has 80 valence electrons. The first kappa shape index (κ1) is 12.7. The van der Waals surface area contributed by atoms with Crippen LogP contribution in [-0.2, 0) is 6.18 Å². The van der Waals surface area contributed by atoms with E-state index in [1.54, 1.807) is 13.8 Å². The minimum absolute atomic E-state index is 0.0406. The lowest BCUT2D eigenvalue weighted by molar-refractivity contribution is -0.141. The van der Waals surface area contributed by atoms with Crippen molar-refractivity contribution >= 4 is 0 Å². The van der Waals surface area contributed by atoms with Crippen LogP contribution >= 0.6 is 0 Å². The summed E-state index contributed by atoms with van der Waals surface area (Å²) in [4.78, 5) is 0. The van der Waals surface area contributed by atoms with E-state index in [0.29, 0.717) is 0 Å². The Labute approximate surface area is 81.0 Å². The van der Waals surface area contributed by atoms with E-state index in [2.05, 4.69) is 18.3 Å². The molecule has 0 saturated carbocycles. The zero-order valence-electron chi connectivity index (χ0n) is 8.17. The lowest BCUT2D eigenvalue weighted by Crippen LogP contribution is -2.08. The van der Waals surface area contributed by atoms with Crippen molar-refractivity contribution < 1.29 is 13.2 Å². The van der Waals surface area contributed by atoms with E-state index in [4.69, 9.17) is 0 Å². The van der Waals surface area contributed by atoms with Crippen molar-refractivity contribution in [3.8, 4) is 0 Å². The van der Waals surface area contributed by atoms with Gasteiger partial charge in [0.1, 0.15) is 0 Å². The normalized spacial score (nSPS) is 11.0. The summed E-state index contributed by atoms with van der Waals surface area (Å²) < 4.78 is 37.2. The van der Waals surface area contributed by atoms with Gasteiger partial charge in [0.05, 0.1) is 0 Å². The fourth-order valence-electron chi connectivity index (χ4n) is 0.777. The van der Waals surface area contributed by atoms with Crippen molar-refractivity contribution in [1.82, 2.24) is 9.78 Å². The van der Waals surface area contributed by atoms with Crippen LogP contribution in [0.4, 0.5) is 13.2 Å². The molecule has 0 aliphatic rings. The molecule has 0 aliphatic carbocycles. The van der Waals surface area contributed by atoms with Crippen molar-refractivity contribution in [1.29, 1.82) is 0 Å². The third kappa shape index (κ3) is 3.24. The van der Waals surface area contributed by atoms with Crippen LogP contribution in [0.25, 0.3) is 0 Å². The molecule has 14 heavy (non-hydrogen) atoms. The van der Waals surface area contributed by atoms with E-state index in [1.807, 2.05) is 0 Å². The Hall–Kier alpha value is -1.26. The minimum Gasteiger partial charge on any atom is -0.270 e. The smallest absolute Gasteiger partial charge is 0.270 e. The highest BCUT2D eigenvalue weighted by atomic mass is 19.4. The summed E-state index contributed by atoms with van der Waals surface area (Å²) in [5.74, 6) is 0. The number of hydrogen-bond donors (Lipinski definition) is 0. The first-order valence-electron chi connectivity index (χ1n) is 4.03. The SMILES string of the molecule is C=C.CC(C)n1ccc(C(F)(F)F)n1. The maximum Gasteiger partial charge on any atom is 0.435 e. The molecule has 1 aromatic heterocycles. The zero-order chi connectivity index (χ0) is 11.4. The maximum absolute atomic E-state index is 12.0. The van der Waals surface area contributed by atoms with Crippen molar-refractivity contribution in [3.63, 3.8) is 0 Å². The zero-order valence-corrected chi connectivity index (χ0v) is 8.17. The summed E-state index contributed by atoms with van der Waals surface area (Å²) in [5, 5.41) is 3.37. The van der Waals surface area contributed by atoms with Gasteiger partial charge in [0, 0.05) is 12.2 Å². The van der Waals surface area contributed by atoms with Crippen LogP contribution < -0.4 is 0 Å². The van der Waals surface area contributed by atoms with Gasteiger partial charge < -0.3 is 0 Å². The summed E-state index contributed by atoms with van der Waals surface area (Å²) in [6.07, 6.45) is -3.01. The highest BCUT2D eigenvalue weighted by Gasteiger charge is 2.33. The molecule has 0 N–H and O–H groups in total. The van der Waals surface area contributed by atoms with Gasteiger partial charge in [-0.3, -0.25) is 4.68 Å². The molecule has 0 saturated heterocycles. The average Bonchev–Trinajstić information content (AvgIpc) is 2.54. The summed E-state index contributed by atoms with van der Waals surface area (Å²) in [7, 11) is 0. The van der Waals surface area contributed by atoms with E-state index >= 15 is 0 Å². The van der Waals surface area contributed by atoms with Crippen LogP contribution in [-0.4, -0.2) is 9.78 Å². The standard InChI is InChI=1S/C7H9F3N2.C2H4/c1-5(2)12-4-3-6(11-12)7(8,9)10;1-2/h3-5H,1-2H3;1-2H2. The topological polar surface area (TPSA) is 17.8 Å². The highest BCUT2D eigenvalue weighted by Crippen LogP contribution is 2.27. The molecule has 1 heterocycles. The second-order valence-corrected chi connectivity index (χ2v) is 2.77. The second kappa shape index (κ2) is 4.83. The van der Waals surface area contributed by atoms with Crippen molar-refractivity contribution in [2.24, 2.45) is 0 Å². The van der Waals surface area contributed by atoms with Crippen molar-refractivity contribution in [3.05, 3.63) is 31.1 Å². The Kier molecular flexibility index (Phi) is 4.40. The third-order valence-corrected chi connectivity index (χ3v) is 1.43. The molecular weight excluding hydrogens is 193 g/mol. The van der Waals surface area contributed by atoms with Gasteiger partial charge in [0.15, 0.2) is 5.69 Å². The minimum atomic E-state index is -4.33. The molecule has 5 heteroatoms. The quantitative estimate of drug-likeness (QED) is 0.645. The average molecular weight is 206 g/mol. The molecular formula is C9H13F3N2. The molecule has 0 atom stereocenters. The van der Waals surface area contributed by atoms with E-state index in [1.165, 1.54) is 10.9 Å². The van der Waals surface area contributed by atoms with Gasteiger partial charge in [-0.2, -0.15) is 18.3 Å². The number of rotatable bonds is 1. The molecule has 1 rings (SSSR count). The van der Waals surface area contributed by atoms with Crippen LogP contribution in [0.15, 0.2) is 25.4 Å². The molecule has 1 aromatic rings. The van der Waals surface area contributed by atoms with Crippen LogP contribution in [0.2, 0.25) is 0 Å². The van der Waals surface area contributed by atoms with Crippen LogP contribution in [0.1, 0.15) is 25.6 Å². The van der Waals surface area contributed by atoms with E-state index in [-0.39, 0.29) is 6.04 Å². The van der Waals surface area contributed by atoms with Gasteiger partial charge in [0.2, 0.25) is 0 Å². The lowest BCUT2D eigenvalue weighted by Gasteiger charge is -2.04. The number of aromatic nitrogens is 2. The summed E-state index contributed by atoms with van der Waals surface area (Å²) in [6.45, 7) is 9.54. The fraction of sp³-hybridized carbons (Fsp3) is 0.444. The molecule has 0 spiro atoms. The Balaban J connectivity index is 0.000000791. The maximum atomic E-state index is 12.0. The molecule has 0 aromatic carbocycles. The largest absolute Gasteiger partial charge is 0.435 e. The summed E-state index contributed by atoms with van der Waals surface area (Å²) >= 11 is 0. The van der Waals surface area contributed by atoms with E-state index < -0.39 is 11.9 Å². The number of alkyl halides is 3. The number of nitrogens with zero attached hydrogens (tertiary/aromatic N) is 2. The van der Waals surface area contributed by atoms with Crippen molar-refractivity contribution in [2.45, 2.75) is 26.1 Å². The van der Waals surface area contributed by atoms with Gasteiger partial charge in [-0.05, 0) is 19.9 Å². The highest BCUT2D eigenvalue weighted by molar-refractivity contribution is 5.03. The van der Waals surface area contributed by atoms with Gasteiger partial charge >= 0.3 is 6.18 Å². The Morgan fingerprint density at radius 1 is 1.36 bits per heavy atom. The van der Waals surface area contributed by atoms with Gasteiger partial charge in [-0.25, -0.2) is 0 Å². The number of hydrogen-bond acceptors (Lipinski definition) is 1. The van der Waals surface area contributed by atoms with Crippen molar-refractivity contribution in [2.75, 3.05) is 0 Å². The van der Waals surface area contributed by atoms with Gasteiger partial charge in [-0.1, -0.05) is 0 Å². The van der Waals surface area contributed by atoms with Gasteiger partial charge in [-0.15, -0.1) is 13.2 Å². The monoisotopic (exact) mass is 206 g/mol. The second-order valence-electron chi connectivity index (χ2n) is 2.77. The van der Waals surface area contributed by atoms with Crippen LogP contribution in [0.5, 0.6) is 0 Å². The molecule has 0 bridgehead atoms. The molecule has 0 unspecified atom stereocenters. The predicted molar refractivity (Wildman–Crippen MR) is 48.9 cm³/mol. The van der Waals surface area contributed by atoms with Crippen LogP contribution in [0, 0.1) is 0 Å². The summed E-state index contributed by atoms with van der Waals surface area (Å²) in [5.41, 5.74) is -0.837. The third-order valence-electron chi connectivity index (χ3n) is 1.43. The molecule has 0 amide bonds. The Morgan fingerprint density at radius 3 is 2.07 bits per heavy atom. The van der Waals surface area contributed by atoms with E-state index in [0.717, 1.165) is 6.07 Å². The van der Waals surface area contributed by atoms with Gasteiger partial charge in [0.25, 0.3) is 0 Å². The predicted octanol–water partition coefficient (Wildman–Crippen LogP) is 3.29. The lowest BCUT2D eigenvalue weighted by atomic mass is 10.4. The number of halogens is 3. The fourth-order valence-corrected chi connectivity index (χ4v) is 0.777. The molecule has 2 nitrogen and oxygen atoms in total. The summed E-state index contributed by atoms with van der Waals surface area (Å²) in [6, 6.07) is 0.932.